The smallest absolute Gasteiger partial charge is 0.185 e. The van der Waals surface area contributed by atoms with E-state index < -0.39 is 0 Å². The Labute approximate surface area is 144 Å². The predicted molar refractivity (Wildman–Crippen MR) is 96.1 cm³/mol. The first-order valence-corrected chi connectivity index (χ1v) is 9.06. The topological polar surface area (TPSA) is 62.5 Å². The van der Waals surface area contributed by atoms with Gasteiger partial charge in [-0.05, 0) is 31.9 Å². The summed E-state index contributed by atoms with van der Waals surface area (Å²) in [6, 6.07) is 3.95. The average molecular weight is 343 g/mol. The highest BCUT2D eigenvalue weighted by atomic mass is 32.1. The summed E-state index contributed by atoms with van der Waals surface area (Å²) in [5.41, 5.74) is 1.91. The minimum absolute atomic E-state index is 0.391. The molecule has 4 rings (SSSR count). The van der Waals surface area contributed by atoms with Crippen molar-refractivity contribution in [1.29, 1.82) is 0 Å². The van der Waals surface area contributed by atoms with Gasteiger partial charge < -0.3 is 9.80 Å². The van der Waals surface area contributed by atoms with Crippen molar-refractivity contribution in [3.8, 4) is 0 Å². The van der Waals surface area contributed by atoms with Gasteiger partial charge in [-0.25, -0.2) is 4.98 Å². The Balaban J connectivity index is 1.55. The fourth-order valence-corrected chi connectivity index (χ4v) is 3.96. The standard InChI is InChI=1S/C16H21N7S/c1-11-10-24-16(17-11)22-8-6-12(7-9-22)15-19-18-13-4-5-14(21(2)3)20-23(13)15/h4-5,10,12H,6-9H2,1-3H3. The molecule has 0 unspecified atom stereocenters. The zero-order valence-corrected chi connectivity index (χ0v) is 15.0. The summed E-state index contributed by atoms with van der Waals surface area (Å²) in [5.74, 6) is 2.28. The molecule has 4 heterocycles. The van der Waals surface area contributed by atoms with Crippen molar-refractivity contribution >= 4 is 27.9 Å². The van der Waals surface area contributed by atoms with Crippen LogP contribution in [0.15, 0.2) is 17.5 Å². The van der Waals surface area contributed by atoms with Crippen LogP contribution in [0.2, 0.25) is 0 Å². The van der Waals surface area contributed by atoms with E-state index in [-0.39, 0.29) is 0 Å². The number of thiazole rings is 1. The number of fused-ring (bicyclic) bond motifs is 1. The number of aromatic nitrogens is 5. The molecule has 0 atom stereocenters. The second kappa shape index (κ2) is 6.01. The minimum Gasteiger partial charge on any atom is -0.361 e. The van der Waals surface area contributed by atoms with Crippen LogP contribution < -0.4 is 9.80 Å². The van der Waals surface area contributed by atoms with Crippen molar-refractivity contribution in [3.05, 3.63) is 29.0 Å². The third kappa shape index (κ3) is 2.71. The first-order valence-electron chi connectivity index (χ1n) is 8.18. The summed E-state index contributed by atoms with van der Waals surface area (Å²) < 4.78 is 1.91. The second-order valence-electron chi connectivity index (χ2n) is 6.45. The van der Waals surface area contributed by atoms with Crippen LogP contribution in [-0.4, -0.2) is 52.0 Å². The maximum atomic E-state index is 4.68. The van der Waals surface area contributed by atoms with Gasteiger partial charge in [0.15, 0.2) is 16.6 Å². The molecular formula is C16H21N7S. The van der Waals surface area contributed by atoms with E-state index in [4.69, 9.17) is 0 Å². The van der Waals surface area contributed by atoms with Crippen molar-refractivity contribution in [1.82, 2.24) is 24.8 Å². The fourth-order valence-electron chi connectivity index (χ4n) is 3.10. The van der Waals surface area contributed by atoms with Crippen LogP contribution in [0.4, 0.5) is 10.9 Å². The van der Waals surface area contributed by atoms with Gasteiger partial charge in [-0.3, -0.25) is 0 Å². The molecule has 8 heteroatoms. The maximum Gasteiger partial charge on any atom is 0.185 e. The average Bonchev–Trinajstić information content (AvgIpc) is 3.20. The van der Waals surface area contributed by atoms with E-state index >= 15 is 0 Å². The van der Waals surface area contributed by atoms with Crippen molar-refractivity contribution < 1.29 is 0 Å². The van der Waals surface area contributed by atoms with Crippen LogP contribution >= 0.6 is 11.3 Å². The molecule has 1 fully saturated rings. The van der Waals surface area contributed by atoms with Gasteiger partial charge in [-0.1, -0.05) is 0 Å². The van der Waals surface area contributed by atoms with E-state index in [9.17, 15) is 0 Å². The van der Waals surface area contributed by atoms with Crippen molar-refractivity contribution in [2.45, 2.75) is 25.7 Å². The maximum absolute atomic E-state index is 4.68. The lowest BCUT2D eigenvalue weighted by Gasteiger charge is -2.30. The molecule has 1 aliphatic rings. The van der Waals surface area contributed by atoms with Crippen LogP contribution in [0.5, 0.6) is 0 Å². The number of nitrogens with zero attached hydrogens (tertiary/aromatic N) is 7. The van der Waals surface area contributed by atoms with Gasteiger partial charge in [0.25, 0.3) is 0 Å². The quantitative estimate of drug-likeness (QED) is 0.727. The monoisotopic (exact) mass is 343 g/mol. The Hall–Kier alpha value is -2.22. The molecule has 0 N–H and O–H groups in total. The summed E-state index contributed by atoms with van der Waals surface area (Å²) in [5, 5.41) is 16.6. The van der Waals surface area contributed by atoms with E-state index in [0.29, 0.717) is 5.92 Å². The molecule has 0 radical (unpaired) electrons. The molecule has 0 saturated carbocycles. The molecular weight excluding hydrogens is 322 g/mol. The number of anilines is 2. The summed E-state index contributed by atoms with van der Waals surface area (Å²) in [6.07, 6.45) is 2.10. The zero-order valence-electron chi connectivity index (χ0n) is 14.2. The number of rotatable bonds is 3. The van der Waals surface area contributed by atoms with Crippen LogP contribution in [0.3, 0.4) is 0 Å². The van der Waals surface area contributed by atoms with Gasteiger partial charge in [-0.2, -0.15) is 4.52 Å². The predicted octanol–water partition coefficient (Wildman–Crippen LogP) is 2.34. The molecule has 0 bridgehead atoms. The van der Waals surface area contributed by atoms with Gasteiger partial charge in [0.05, 0.1) is 5.69 Å². The van der Waals surface area contributed by atoms with E-state index in [0.717, 1.165) is 54.0 Å². The number of hydrogen-bond donors (Lipinski definition) is 0. The van der Waals surface area contributed by atoms with Crippen molar-refractivity contribution in [3.63, 3.8) is 0 Å². The molecule has 7 nitrogen and oxygen atoms in total. The van der Waals surface area contributed by atoms with Crippen molar-refractivity contribution in [2.75, 3.05) is 37.0 Å². The Bertz CT molecular complexity index is 845. The highest BCUT2D eigenvalue weighted by molar-refractivity contribution is 7.13. The second-order valence-corrected chi connectivity index (χ2v) is 7.28. The normalized spacial score (nSPS) is 16.0. The zero-order chi connectivity index (χ0) is 16.7. The fraction of sp³-hybridized carbons (Fsp3) is 0.500. The van der Waals surface area contributed by atoms with Gasteiger partial charge in [0.1, 0.15) is 5.82 Å². The van der Waals surface area contributed by atoms with Crippen LogP contribution in [0, 0.1) is 6.92 Å². The Morgan fingerprint density at radius 2 is 1.96 bits per heavy atom. The number of hydrogen-bond acceptors (Lipinski definition) is 7. The highest BCUT2D eigenvalue weighted by Crippen LogP contribution is 2.31. The van der Waals surface area contributed by atoms with E-state index in [1.807, 2.05) is 42.6 Å². The Kier molecular flexibility index (Phi) is 3.84. The first kappa shape index (κ1) is 15.3. The van der Waals surface area contributed by atoms with Crippen LogP contribution in [0.1, 0.15) is 30.3 Å². The summed E-state index contributed by atoms with van der Waals surface area (Å²) in [7, 11) is 3.99. The molecule has 0 amide bonds. The molecule has 3 aromatic rings. The van der Waals surface area contributed by atoms with Gasteiger partial charge in [0.2, 0.25) is 0 Å². The van der Waals surface area contributed by atoms with Gasteiger partial charge in [-0.15, -0.1) is 26.6 Å². The van der Waals surface area contributed by atoms with E-state index in [2.05, 4.69) is 30.6 Å². The molecule has 0 aromatic carbocycles. The third-order valence-corrected chi connectivity index (χ3v) is 5.49. The molecule has 1 saturated heterocycles. The SMILES string of the molecule is Cc1csc(N2CCC(c3nnc4ccc(N(C)C)nn34)CC2)n1. The lowest BCUT2D eigenvalue weighted by atomic mass is 9.96. The molecule has 3 aromatic heterocycles. The van der Waals surface area contributed by atoms with E-state index in [1.54, 1.807) is 11.3 Å². The molecule has 24 heavy (non-hydrogen) atoms. The van der Waals surface area contributed by atoms with Gasteiger partial charge in [0, 0.05) is 38.5 Å². The van der Waals surface area contributed by atoms with E-state index in [1.165, 1.54) is 0 Å². The lowest BCUT2D eigenvalue weighted by Crippen LogP contribution is -2.33. The summed E-state index contributed by atoms with van der Waals surface area (Å²) >= 11 is 1.73. The van der Waals surface area contributed by atoms with Crippen LogP contribution in [-0.2, 0) is 0 Å². The third-order valence-electron chi connectivity index (χ3n) is 4.47. The van der Waals surface area contributed by atoms with Gasteiger partial charge >= 0.3 is 0 Å². The number of aryl methyl sites for hydroxylation is 1. The minimum atomic E-state index is 0.391. The Morgan fingerprint density at radius 3 is 2.62 bits per heavy atom. The molecule has 0 aliphatic carbocycles. The molecule has 126 valence electrons. The number of piperidine rings is 1. The Morgan fingerprint density at radius 1 is 1.17 bits per heavy atom. The molecule has 1 aliphatic heterocycles. The largest absolute Gasteiger partial charge is 0.361 e. The summed E-state index contributed by atoms with van der Waals surface area (Å²) in [4.78, 5) is 8.96. The lowest BCUT2D eigenvalue weighted by molar-refractivity contribution is 0.477. The van der Waals surface area contributed by atoms with Crippen LogP contribution in [0.25, 0.3) is 5.65 Å². The molecule has 0 spiro atoms. The first-order chi connectivity index (χ1) is 11.6. The highest BCUT2D eigenvalue weighted by Gasteiger charge is 2.26. The summed E-state index contributed by atoms with van der Waals surface area (Å²) in [6.45, 7) is 4.04. The van der Waals surface area contributed by atoms with Crippen molar-refractivity contribution in [2.24, 2.45) is 0 Å².